The van der Waals surface area contributed by atoms with E-state index >= 15 is 0 Å². The van der Waals surface area contributed by atoms with Gasteiger partial charge in [-0.2, -0.15) is 0 Å². The highest BCUT2D eigenvalue weighted by Crippen LogP contribution is 2.70. The summed E-state index contributed by atoms with van der Waals surface area (Å²) in [6, 6.07) is 17.4. The summed E-state index contributed by atoms with van der Waals surface area (Å²) in [6.07, 6.45) is 1.69. The molecule has 2 aromatic carbocycles. The maximum atomic E-state index is 13.7. The fraction of sp³-hybridized carbons (Fsp3) is 0.440. The van der Waals surface area contributed by atoms with Crippen LogP contribution in [0.5, 0.6) is 5.75 Å². The van der Waals surface area contributed by atoms with Crippen LogP contribution < -0.4 is 4.74 Å². The van der Waals surface area contributed by atoms with E-state index in [2.05, 4.69) is 10.3 Å². The Balaban J connectivity index is 1.80. The first-order chi connectivity index (χ1) is 17.9. The highest BCUT2D eigenvalue weighted by molar-refractivity contribution is 7.72. The van der Waals surface area contributed by atoms with Gasteiger partial charge in [-0.1, -0.05) is 47.7 Å². The van der Waals surface area contributed by atoms with Gasteiger partial charge in [-0.25, -0.2) is 0 Å². The molecule has 0 radical (unpaired) electrons. The SMILES string of the molecule is CCOP(=O)(OCC)C(Cn1cc(-c2ccc(COc3ccccc3)cc2)nn1)P(=O)(OCC)OCC. The van der Waals surface area contributed by atoms with E-state index < -0.39 is 20.6 Å². The Bertz CT molecular complexity index is 1140. The molecule has 0 atom stereocenters. The van der Waals surface area contributed by atoms with E-state index in [1.165, 1.54) is 4.68 Å². The molecule has 0 spiro atoms. The molecule has 0 N–H and O–H groups in total. The van der Waals surface area contributed by atoms with Gasteiger partial charge in [0.05, 0.1) is 39.2 Å². The Hall–Kier alpha value is -2.32. The van der Waals surface area contributed by atoms with Gasteiger partial charge in [0.2, 0.25) is 0 Å². The molecule has 12 heteroatoms. The summed E-state index contributed by atoms with van der Waals surface area (Å²) in [7, 11) is -7.79. The predicted molar refractivity (Wildman–Crippen MR) is 142 cm³/mol. The smallest absolute Gasteiger partial charge is 0.347 e. The Labute approximate surface area is 218 Å². The average molecular weight is 552 g/mol. The summed E-state index contributed by atoms with van der Waals surface area (Å²) in [5.74, 6) is 0.803. The molecule has 0 aliphatic carbocycles. The first-order valence-corrected chi connectivity index (χ1v) is 15.5. The van der Waals surface area contributed by atoms with Crippen LogP contribution in [0.4, 0.5) is 0 Å². The minimum absolute atomic E-state index is 0.0927. The van der Waals surface area contributed by atoms with E-state index in [0.717, 1.165) is 16.9 Å². The minimum Gasteiger partial charge on any atom is -0.489 e. The van der Waals surface area contributed by atoms with Crippen LogP contribution in [0.15, 0.2) is 60.8 Å². The fourth-order valence-corrected chi connectivity index (χ4v) is 8.85. The number of ether oxygens (including phenoxy) is 1. The first-order valence-electron chi connectivity index (χ1n) is 12.3. The second-order valence-electron chi connectivity index (χ2n) is 7.86. The molecule has 37 heavy (non-hydrogen) atoms. The summed E-state index contributed by atoms with van der Waals surface area (Å²) in [5.41, 5.74) is 2.44. The van der Waals surface area contributed by atoms with Crippen molar-refractivity contribution >= 4 is 15.2 Å². The molecule has 1 aromatic heterocycles. The van der Waals surface area contributed by atoms with Crippen molar-refractivity contribution in [1.29, 1.82) is 0 Å². The van der Waals surface area contributed by atoms with E-state index in [9.17, 15) is 9.13 Å². The van der Waals surface area contributed by atoms with Gasteiger partial charge in [-0.3, -0.25) is 13.8 Å². The van der Waals surface area contributed by atoms with Crippen molar-refractivity contribution in [3.63, 3.8) is 0 Å². The molecular weight excluding hydrogens is 516 g/mol. The topological polar surface area (TPSA) is 111 Å². The monoisotopic (exact) mass is 551 g/mol. The molecule has 0 unspecified atom stereocenters. The van der Waals surface area contributed by atoms with Crippen LogP contribution in [0, 0.1) is 0 Å². The summed E-state index contributed by atoms with van der Waals surface area (Å²) < 4.78 is 56.9. The standard InChI is InChI=1S/C25H35N3O7P2/c1-5-32-36(29,33-6-2)25(37(30,34-7-3)35-8-4)19-28-18-24(26-27-28)22-16-14-21(15-17-22)20-31-23-12-10-9-11-13-23/h9-18,25H,5-8,19-20H2,1-4H3. The van der Waals surface area contributed by atoms with E-state index in [4.69, 9.17) is 22.8 Å². The zero-order valence-electron chi connectivity index (χ0n) is 21.7. The van der Waals surface area contributed by atoms with Gasteiger partial charge >= 0.3 is 15.2 Å². The number of hydrogen-bond acceptors (Lipinski definition) is 9. The molecule has 3 aromatic rings. The molecule has 1 heterocycles. The summed E-state index contributed by atoms with van der Waals surface area (Å²) in [6.45, 7) is 7.54. The Morgan fingerprint density at radius 2 is 1.32 bits per heavy atom. The number of benzene rings is 2. The maximum absolute atomic E-state index is 13.7. The van der Waals surface area contributed by atoms with Crippen LogP contribution in [0.3, 0.4) is 0 Å². The second kappa shape index (κ2) is 14.0. The Morgan fingerprint density at radius 1 is 0.784 bits per heavy atom. The summed E-state index contributed by atoms with van der Waals surface area (Å²) in [5, 5.41) is 7.21. The van der Waals surface area contributed by atoms with Crippen molar-refractivity contribution in [2.75, 3.05) is 26.4 Å². The molecule has 0 amide bonds. The summed E-state index contributed by atoms with van der Waals surface area (Å²) >= 11 is 0. The van der Waals surface area contributed by atoms with Crippen LogP contribution >= 0.6 is 15.2 Å². The molecule has 0 saturated carbocycles. The van der Waals surface area contributed by atoms with Crippen molar-refractivity contribution in [2.45, 2.75) is 46.2 Å². The number of nitrogens with zero attached hydrogens (tertiary/aromatic N) is 3. The highest BCUT2D eigenvalue weighted by Gasteiger charge is 2.51. The zero-order chi connectivity index (χ0) is 26.7. The van der Waals surface area contributed by atoms with Crippen LogP contribution in [-0.4, -0.2) is 46.8 Å². The number of para-hydroxylation sites is 1. The van der Waals surface area contributed by atoms with Gasteiger partial charge in [0, 0.05) is 5.56 Å². The van der Waals surface area contributed by atoms with Crippen molar-refractivity contribution < 1.29 is 32.0 Å². The van der Waals surface area contributed by atoms with Crippen molar-refractivity contribution in [3.05, 3.63) is 66.4 Å². The third kappa shape index (κ3) is 7.84. The van der Waals surface area contributed by atoms with Gasteiger partial charge in [0.25, 0.3) is 0 Å². The lowest BCUT2D eigenvalue weighted by Gasteiger charge is -2.31. The van der Waals surface area contributed by atoms with Gasteiger partial charge in [0.15, 0.2) is 5.40 Å². The largest absolute Gasteiger partial charge is 0.489 e. The Kier molecular flexibility index (Phi) is 11.1. The normalized spacial score (nSPS) is 12.2. The molecular formula is C25H35N3O7P2. The first kappa shape index (κ1) is 29.2. The highest BCUT2D eigenvalue weighted by atomic mass is 31.2. The third-order valence-electron chi connectivity index (χ3n) is 5.25. The minimum atomic E-state index is -3.89. The molecule has 202 valence electrons. The van der Waals surface area contributed by atoms with Crippen LogP contribution in [0.25, 0.3) is 11.3 Å². The number of rotatable bonds is 16. The van der Waals surface area contributed by atoms with Crippen molar-refractivity contribution in [3.8, 4) is 17.0 Å². The van der Waals surface area contributed by atoms with Crippen LogP contribution in [-0.2, 0) is 40.4 Å². The molecule has 10 nitrogen and oxygen atoms in total. The van der Waals surface area contributed by atoms with Gasteiger partial charge < -0.3 is 22.8 Å². The fourth-order valence-electron chi connectivity index (χ4n) is 3.65. The van der Waals surface area contributed by atoms with Gasteiger partial charge in [0.1, 0.15) is 18.1 Å². The quantitative estimate of drug-likeness (QED) is 0.187. The zero-order valence-corrected chi connectivity index (χ0v) is 23.5. The molecule has 0 aliphatic rings. The van der Waals surface area contributed by atoms with E-state index in [1.54, 1.807) is 33.9 Å². The second-order valence-corrected chi connectivity index (χ2v) is 12.7. The van der Waals surface area contributed by atoms with E-state index in [1.807, 2.05) is 54.6 Å². The lowest BCUT2D eigenvalue weighted by Crippen LogP contribution is -2.23. The van der Waals surface area contributed by atoms with E-state index in [-0.39, 0.29) is 33.0 Å². The van der Waals surface area contributed by atoms with Crippen LogP contribution in [0.2, 0.25) is 0 Å². The predicted octanol–water partition coefficient (Wildman–Crippen LogP) is 6.38. The molecule has 0 fully saturated rings. The lowest BCUT2D eigenvalue weighted by molar-refractivity contribution is 0.191. The molecule has 0 bridgehead atoms. The van der Waals surface area contributed by atoms with Gasteiger partial charge in [-0.05, 0) is 45.4 Å². The Morgan fingerprint density at radius 3 is 1.84 bits per heavy atom. The number of aromatic nitrogens is 3. The molecule has 3 rings (SSSR count). The maximum Gasteiger partial charge on any atom is 0.347 e. The van der Waals surface area contributed by atoms with Crippen LogP contribution in [0.1, 0.15) is 33.3 Å². The number of hydrogen-bond donors (Lipinski definition) is 0. The van der Waals surface area contributed by atoms with Crippen molar-refractivity contribution in [1.82, 2.24) is 15.0 Å². The molecule has 0 saturated heterocycles. The van der Waals surface area contributed by atoms with Crippen molar-refractivity contribution in [2.24, 2.45) is 0 Å². The van der Waals surface area contributed by atoms with E-state index in [0.29, 0.717) is 12.3 Å². The average Bonchev–Trinajstić information content (AvgIpc) is 3.36. The summed E-state index contributed by atoms with van der Waals surface area (Å²) in [4.78, 5) is 0. The third-order valence-corrected chi connectivity index (χ3v) is 11.2. The van der Waals surface area contributed by atoms with Gasteiger partial charge in [-0.15, -0.1) is 5.10 Å². The molecule has 0 aliphatic heterocycles. The lowest BCUT2D eigenvalue weighted by atomic mass is 10.1.